The first-order chi connectivity index (χ1) is 10.6. The third-order valence-electron chi connectivity index (χ3n) is 4.61. The molecule has 1 N–H and O–H groups in total. The van der Waals surface area contributed by atoms with Crippen molar-refractivity contribution in [3.63, 3.8) is 0 Å². The fraction of sp³-hybridized carbons (Fsp3) is 0.588. The van der Waals surface area contributed by atoms with Crippen LogP contribution in [0.3, 0.4) is 0 Å². The number of nitrogens with zero attached hydrogens (tertiary/aromatic N) is 2. The van der Waals surface area contributed by atoms with E-state index in [0.29, 0.717) is 6.04 Å². The Balaban J connectivity index is 1.47. The Morgan fingerprint density at radius 2 is 1.95 bits per heavy atom. The van der Waals surface area contributed by atoms with Gasteiger partial charge in [-0.15, -0.1) is 0 Å². The van der Waals surface area contributed by atoms with Crippen molar-refractivity contribution < 1.29 is 4.79 Å². The second-order valence-corrected chi connectivity index (χ2v) is 7.22. The van der Waals surface area contributed by atoms with Crippen LogP contribution in [-0.4, -0.2) is 54.0 Å². The summed E-state index contributed by atoms with van der Waals surface area (Å²) in [6.45, 7) is 6.96. The Bertz CT molecular complexity index is 524. The monoisotopic (exact) mass is 365 g/mol. The van der Waals surface area contributed by atoms with Crippen molar-refractivity contribution in [3.05, 3.63) is 34.3 Å². The first kappa shape index (κ1) is 16.0. The summed E-state index contributed by atoms with van der Waals surface area (Å²) < 4.78 is 1.18. The lowest BCUT2D eigenvalue weighted by atomic mass is 10.1. The predicted octanol–water partition coefficient (Wildman–Crippen LogP) is 2.23. The summed E-state index contributed by atoms with van der Waals surface area (Å²) in [6.07, 6.45) is 2.30. The summed E-state index contributed by atoms with van der Waals surface area (Å²) in [6, 6.07) is 8.84. The molecule has 1 aromatic carbocycles. The molecule has 1 heterocycles. The van der Waals surface area contributed by atoms with E-state index in [2.05, 4.69) is 49.2 Å². The second-order valence-electron chi connectivity index (χ2n) is 6.36. The zero-order valence-corrected chi connectivity index (χ0v) is 14.7. The highest BCUT2D eigenvalue weighted by atomic mass is 79.9. The van der Waals surface area contributed by atoms with Crippen LogP contribution in [0.1, 0.15) is 25.3 Å². The Hall–Kier alpha value is -0.910. The number of nitrogens with one attached hydrogen (secondary N) is 1. The number of hydrogen-bond acceptors (Lipinski definition) is 3. The molecule has 0 unspecified atom stereocenters. The molecule has 1 saturated carbocycles. The van der Waals surface area contributed by atoms with E-state index in [0.717, 1.165) is 45.6 Å². The van der Waals surface area contributed by atoms with Crippen molar-refractivity contribution >= 4 is 21.8 Å². The minimum atomic E-state index is -0.00814. The molecule has 1 aromatic rings. The van der Waals surface area contributed by atoms with Gasteiger partial charge in [0.1, 0.15) is 0 Å². The first-order valence-electron chi connectivity index (χ1n) is 8.13. The average molecular weight is 366 g/mol. The van der Waals surface area contributed by atoms with Gasteiger partial charge < -0.3 is 5.32 Å². The number of halogens is 1. The highest BCUT2D eigenvalue weighted by Gasteiger charge is 2.29. The van der Waals surface area contributed by atoms with Crippen LogP contribution >= 0.6 is 15.9 Å². The fourth-order valence-electron chi connectivity index (χ4n) is 2.89. The van der Waals surface area contributed by atoms with Crippen molar-refractivity contribution in [2.45, 2.75) is 38.4 Å². The molecule has 1 amide bonds. The smallest absolute Gasteiger partial charge is 0.237 e. The molecule has 1 aliphatic carbocycles. The maximum Gasteiger partial charge on any atom is 0.237 e. The van der Waals surface area contributed by atoms with E-state index in [1.165, 1.54) is 10.0 Å². The fourth-order valence-corrected chi connectivity index (χ4v) is 3.30. The maximum absolute atomic E-state index is 12.1. The lowest BCUT2D eigenvalue weighted by Crippen LogP contribution is -2.53. The molecule has 2 fully saturated rings. The molecule has 120 valence electrons. The summed E-state index contributed by atoms with van der Waals surface area (Å²) in [5, 5.41) is 3.11. The number of benzene rings is 1. The minimum Gasteiger partial charge on any atom is -0.352 e. The standard InChI is InChI=1S/C17H24BrN3O/c1-13(17(22)19-15-6-7-15)21-10-8-20(9-11-21)12-14-4-2-3-5-16(14)18/h2-5,13,15H,6-12H2,1H3,(H,19,22)/t13-/m1/s1. The van der Waals surface area contributed by atoms with Gasteiger partial charge in [-0.25, -0.2) is 0 Å². The Morgan fingerprint density at radius 1 is 1.27 bits per heavy atom. The normalized spacial score (nSPS) is 21.5. The highest BCUT2D eigenvalue weighted by molar-refractivity contribution is 9.10. The summed E-state index contributed by atoms with van der Waals surface area (Å²) in [4.78, 5) is 16.9. The Kier molecular flexibility index (Phi) is 5.16. The molecule has 1 saturated heterocycles. The van der Waals surface area contributed by atoms with E-state index in [1.54, 1.807) is 0 Å². The zero-order chi connectivity index (χ0) is 15.5. The van der Waals surface area contributed by atoms with Crippen molar-refractivity contribution in [2.75, 3.05) is 26.2 Å². The second kappa shape index (κ2) is 7.11. The Labute approximate surface area is 141 Å². The lowest BCUT2D eigenvalue weighted by Gasteiger charge is -2.37. The third kappa shape index (κ3) is 4.09. The quantitative estimate of drug-likeness (QED) is 0.868. The van der Waals surface area contributed by atoms with Crippen molar-refractivity contribution in [3.8, 4) is 0 Å². The van der Waals surface area contributed by atoms with Gasteiger partial charge in [0.2, 0.25) is 5.91 Å². The van der Waals surface area contributed by atoms with E-state index in [1.807, 2.05) is 13.0 Å². The maximum atomic E-state index is 12.1. The SMILES string of the molecule is C[C@H](C(=O)NC1CC1)N1CCN(Cc2ccccc2Br)CC1. The van der Waals surface area contributed by atoms with Gasteiger partial charge in [-0.05, 0) is 31.4 Å². The van der Waals surface area contributed by atoms with Gasteiger partial charge in [-0.3, -0.25) is 14.6 Å². The molecule has 0 radical (unpaired) electrons. The average Bonchev–Trinajstić information content (AvgIpc) is 3.33. The van der Waals surface area contributed by atoms with Gasteiger partial charge >= 0.3 is 0 Å². The van der Waals surface area contributed by atoms with Gasteiger partial charge in [-0.1, -0.05) is 34.1 Å². The molecule has 4 nitrogen and oxygen atoms in total. The van der Waals surface area contributed by atoms with E-state index in [-0.39, 0.29) is 11.9 Å². The van der Waals surface area contributed by atoms with E-state index >= 15 is 0 Å². The Morgan fingerprint density at radius 3 is 2.59 bits per heavy atom. The number of piperazine rings is 1. The molecular weight excluding hydrogens is 342 g/mol. The van der Waals surface area contributed by atoms with Crippen molar-refractivity contribution in [2.24, 2.45) is 0 Å². The highest BCUT2D eigenvalue weighted by Crippen LogP contribution is 2.20. The molecule has 2 aliphatic rings. The van der Waals surface area contributed by atoms with Crippen LogP contribution in [0.15, 0.2) is 28.7 Å². The van der Waals surface area contributed by atoms with Gasteiger partial charge in [0.05, 0.1) is 6.04 Å². The first-order valence-corrected chi connectivity index (χ1v) is 8.93. The molecule has 5 heteroatoms. The van der Waals surface area contributed by atoms with Crippen LogP contribution in [0.4, 0.5) is 0 Å². The zero-order valence-electron chi connectivity index (χ0n) is 13.1. The van der Waals surface area contributed by atoms with Crippen LogP contribution in [0.2, 0.25) is 0 Å². The van der Waals surface area contributed by atoms with Crippen LogP contribution in [0, 0.1) is 0 Å². The largest absolute Gasteiger partial charge is 0.352 e. The van der Waals surface area contributed by atoms with Crippen LogP contribution < -0.4 is 5.32 Å². The topological polar surface area (TPSA) is 35.6 Å². The molecule has 0 aromatic heterocycles. The van der Waals surface area contributed by atoms with Gasteiger partial charge in [0.15, 0.2) is 0 Å². The summed E-state index contributed by atoms with van der Waals surface area (Å²) in [5.41, 5.74) is 1.33. The van der Waals surface area contributed by atoms with Crippen molar-refractivity contribution in [1.82, 2.24) is 15.1 Å². The molecule has 3 rings (SSSR count). The number of carbonyl (C=O) groups is 1. The molecule has 0 bridgehead atoms. The molecule has 22 heavy (non-hydrogen) atoms. The molecular formula is C17H24BrN3O. The number of amides is 1. The van der Waals surface area contributed by atoms with E-state index in [4.69, 9.17) is 0 Å². The van der Waals surface area contributed by atoms with Crippen LogP contribution in [0.5, 0.6) is 0 Å². The summed E-state index contributed by atoms with van der Waals surface area (Å²) in [7, 11) is 0. The van der Waals surface area contributed by atoms with Gasteiger partial charge in [0.25, 0.3) is 0 Å². The summed E-state index contributed by atoms with van der Waals surface area (Å²) >= 11 is 3.62. The number of hydrogen-bond donors (Lipinski definition) is 1. The van der Waals surface area contributed by atoms with Crippen molar-refractivity contribution in [1.29, 1.82) is 0 Å². The van der Waals surface area contributed by atoms with Gasteiger partial charge in [0, 0.05) is 43.2 Å². The summed E-state index contributed by atoms with van der Waals surface area (Å²) in [5.74, 6) is 0.196. The molecule has 1 atom stereocenters. The number of rotatable bonds is 5. The van der Waals surface area contributed by atoms with E-state index < -0.39 is 0 Å². The van der Waals surface area contributed by atoms with Gasteiger partial charge in [-0.2, -0.15) is 0 Å². The van der Waals surface area contributed by atoms with E-state index in [9.17, 15) is 4.79 Å². The molecule has 1 aliphatic heterocycles. The third-order valence-corrected chi connectivity index (χ3v) is 5.38. The lowest BCUT2D eigenvalue weighted by molar-refractivity contribution is -0.126. The van der Waals surface area contributed by atoms with Crippen LogP contribution in [-0.2, 0) is 11.3 Å². The predicted molar refractivity (Wildman–Crippen MR) is 91.6 cm³/mol. The van der Waals surface area contributed by atoms with Crippen LogP contribution in [0.25, 0.3) is 0 Å². The molecule has 0 spiro atoms. The minimum absolute atomic E-state index is 0.00814. The number of carbonyl (C=O) groups excluding carboxylic acids is 1.